The summed E-state index contributed by atoms with van der Waals surface area (Å²) in [7, 11) is 0. The van der Waals surface area contributed by atoms with Crippen LogP contribution in [0.3, 0.4) is 0 Å². The van der Waals surface area contributed by atoms with E-state index >= 15 is 0 Å². The number of imide groups is 1. The third-order valence-corrected chi connectivity index (χ3v) is 3.88. The highest BCUT2D eigenvalue weighted by atomic mass is 79.9. The minimum absolute atomic E-state index is 0.0307. The van der Waals surface area contributed by atoms with Gasteiger partial charge in [-0.05, 0) is 25.7 Å². The van der Waals surface area contributed by atoms with E-state index in [1.54, 1.807) is 6.92 Å². The molecule has 1 saturated carbocycles. The standard InChI is InChI=1S/C11H16BrNO2/c1-7(12)11(15)13-9-5-3-2-4-8(9)6-10(13)14/h7-9H,2-6H2,1H3. The lowest BCUT2D eigenvalue weighted by molar-refractivity contribution is -0.143. The van der Waals surface area contributed by atoms with Gasteiger partial charge in [-0.15, -0.1) is 0 Å². The number of amides is 2. The molecule has 2 rings (SSSR count). The quantitative estimate of drug-likeness (QED) is 0.686. The van der Waals surface area contributed by atoms with Crippen LogP contribution >= 0.6 is 15.9 Å². The number of alkyl halides is 1. The highest BCUT2D eigenvalue weighted by Gasteiger charge is 2.44. The summed E-state index contributed by atoms with van der Waals surface area (Å²) in [4.78, 5) is 24.9. The maximum Gasteiger partial charge on any atom is 0.242 e. The van der Waals surface area contributed by atoms with Crippen LogP contribution in [-0.2, 0) is 9.59 Å². The van der Waals surface area contributed by atoms with Crippen LogP contribution in [0.4, 0.5) is 0 Å². The molecule has 15 heavy (non-hydrogen) atoms. The highest BCUT2D eigenvalue weighted by Crippen LogP contribution is 2.37. The number of carbonyl (C=O) groups is 2. The first-order valence-electron chi connectivity index (χ1n) is 5.61. The Morgan fingerprint density at radius 2 is 2.13 bits per heavy atom. The van der Waals surface area contributed by atoms with E-state index < -0.39 is 0 Å². The average Bonchev–Trinajstić information content (AvgIpc) is 2.52. The molecule has 0 N–H and O–H groups in total. The van der Waals surface area contributed by atoms with Gasteiger partial charge in [0.2, 0.25) is 11.8 Å². The van der Waals surface area contributed by atoms with Crippen LogP contribution in [0.25, 0.3) is 0 Å². The van der Waals surface area contributed by atoms with E-state index in [0.29, 0.717) is 12.3 Å². The number of fused-ring (bicyclic) bond motifs is 1. The first-order chi connectivity index (χ1) is 7.11. The Hall–Kier alpha value is -0.380. The minimum atomic E-state index is -0.248. The molecule has 0 radical (unpaired) electrons. The van der Waals surface area contributed by atoms with Crippen molar-refractivity contribution in [3.8, 4) is 0 Å². The van der Waals surface area contributed by atoms with E-state index in [4.69, 9.17) is 0 Å². The first-order valence-corrected chi connectivity index (χ1v) is 6.53. The molecular formula is C11H16BrNO2. The third-order valence-electron chi connectivity index (χ3n) is 3.48. The van der Waals surface area contributed by atoms with Gasteiger partial charge < -0.3 is 0 Å². The molecule has 1 aliphatic carbocycles. The lowest BCUT2D eigenvalue weighted by Crippen LogP contribution is -2.44. The Balaban J connectivity index is 2.16. The van der Waals surface area contributed by atoms with Crippen LogP contribution in [0, 0.1) is 5.92 Å². The van der Waals surface area contributed by atoms with Crippen molar-refractivity contribution in [2.75, 3.05) is 0 Å². The van der Waals surface area contributed by atoms with Gasteiger partial charge in [0.05, 0.1) is 4.83 Å². The second-order valence-corrected chi connectivity index (χ2v) is 5.91. The molecule has 0 aromatic heterocycles. The van der Waals surface area contributed by atoms with Crippen molar-refractivity contribution in [1.29, 1.82) is 0 Å². The summed E-state index contributed by atoms with van der Waals surface area (Å²) in [6, 6.07) is 0.193. The molecule has 3 atom stereocenters. The van der Waals surface area contributed by atoms with Crippen molar-refractivity contribution < 1.29 is 9.59 Å². The molecule has 1 saturated heterocycles. The Morgan fingerprint density at radius 1 is 1.47 bits per heavy atom. The van der Waals surface area contributed by atoms with Crippen molar-refractivity contribution in [2.45, 2.75) is 49.9 Å². The van der Waals surface area contributed by atoms with Gasteiger partial charge in [-0.2, -0.15) is 0 Å². The molecule has 0 aromatic carbocycles. The van der Waals surface area contributed by atoms with Gasteiger partial charge in [0.15, 0.2) is 0 Å². The van der Waals surface area contributed by atoms with Gasteiger partial charge in [-0.3, -0.25) is 14.5 Å². The Bertz CT molecular complexity index is 290. The maximum absolute atomic E-state index is 11.9. The van der Waals surface area contributed by atoms with Crippen LogP contribution in [0.2, 0.25) is 0 Å². The summed E-state index contributed by atoms with van der Waals surface area (Å²) in [5.74, 6) is 0.402. The molecule has 0 bridgehead atoms. The minimum Gasteiger partial charge on any atom is -0.278 e. The lowest BCUT2D eigenvalue weighted by Gasteiger charge is -2.30. The van der Waals surface area contributed by atoms with Gasteiger partial charge in [0, 0.05) is 12.5 Å². The molecule has 2 fully saturated rings. The van der Waals surface area contributed by atoms with Crippen molar-refractivity contribution >= 4 is 27.7 Å². The van der Waals surface area contributed by atoms with Gasteiger partial charge in [-0.25, -0.2) is 0 Å². The summed E-state index contributed by atoms with van der Waals surface area (Å²) in [6.45, 7) is 1.78. The van der Waals surface area contributed by atoms with Crippen molar-refractivity contribution in [1.82, 2.24) is 4.90 Å². The Morgan fingerprint density at radius 3 is 2.80 bits per heavy atom. The van der Waals surface area contributed by atoms with Crippen LogP contribution in [0.1, 0.15) is 39.0 Å². The topological polar surface area (TPSA) is 37.4 Å². The number of carbonyl (C=O) groups excluding carboxylic acids is 2. The van der Waals surface area contributed by atoms with Gasteiger partial charge >= 0.3 is 0 Å². The molecule has 3 nitrogen and oxygen atoms in total. The average molecular weight is 274 g/mol. The van der Waals surface area contributed by atoms with E-state index in [2.05, 4.69) is 15.9 Å². The maximum atomic E-state index is 11.9. The zero-order valence-corrected chi connectivity index (χ0v) is 10.5. The number of halogens is 1. The molecule has 1 heterocycles. The number of likely N-dealkylation sites (tertiary alicyclic amines) is 1. The monoisotopic (exact) mass is 273 g/mol. The number of hydrogen-bond acceptors (Lipinski definition) is 2. The highest BCUT2D eigenvalue weighted by molar-refractivity contribution is 9.10. The van der Waals surface area contributed by atoms with Gasteiger partial charge in [0.1, 0.15) is 0 Å². The zero-order valence-electron chi connectivity index (χ0n) is 8.91. The largest absolute Gasteiger partial charge is 0.278 e. The van der Waals surface area contributed by atoms with Gasteiger partial charge in [0.25, 0.3) is 0 Å². The first kappa shape index (κ1) is 11.1. The molecule has 3 unspecified atom stereocenters. The smallest absolute Gasteiger partial charge is 0.242 e. The summed E-state index contributed by atoms with van der Waals surface area (Å²) < 4.78 is 0. The van der Waals surface area contributed by atoms with Crippen molar-refractivity contribution in [3.05, 3.63) is 0 Å². The van der Waals surface area contributed by atoms with E-state index in [1.165, 1.54) is 11.3 Å². The summed E-state index contributed by atoms with van der Waals surface area (Å²) in [5.41, 5.74) is 0. The zero-order chi connectivity index (χ0) is 11.0. The SMILES string of the molecule is CC(Br)C(=O)N1C(=O)CC2CCCCC21. The Labute approximate surface area is 98.3 Å². The van der Waals surface area contributed by atoms with E-state index in [1.807, 2.05) is 0 Å². The van der Waals surface area contributed by atoms with Crippen LogP contribution in [0.15, 0.2) is 0 Å². The molecule has 2 aliphatic rings. The van der Waals surface area contributed by atoms with Crippen LogP contribution in [0.5, 0.6) is 0 Å². The lowest BCUT2D eigenvalue weighted by atomic mass is 9.85. The van der Waals surface area contributed by atoms with Crippen molar-refractivity contribution in [3.63, 3.8) is 0 Å². The fraction of sp³-hybridized carbons (Fsp3) is 0.818. The number of rotatable bonds is 1. The third kappa shape index (κ3) is 1.96. The molecular weight excluding hydrogens is 258 g/mol. The second-order valence-electron chi connectivity index (χ2n) is 4.53. The molecule has 2 amide bonds. The summed E-state index contributed by atoms with van der Waals surface area (Å²) in [5, 5.41) is 0. The second kappa shape index (κ2) is 4.24. The van der Waals surface area contributed by atoms with Crippen LogP contribution in [-0.4, -0.2) is 27.6 Å². The molecule has 0 spiro atoms. The Kier molecular flexibility index (Phi) is 3.14. The normalized spacial score (nSPS) is 32.7. The molecule has 1 aliphatic heterocycles. The van der Waals surface area contributed by atoms with Gasteiger partial charge in [-0.1, -0.05) is 28.8 Å². The summed E-state index contributed by atoms with van der Waals surface area (Å²) in [6.07, 6.45) is 5.05. The van der Waals surface area contributed by atoms with Crippen molar-refractivity contribution in [2.24, 2.45) is 5.92 Å². The fourth-order valence-electron chi connectivity index (χ4n) is 2.75. The van der Waals surface area contributed by atoms with E-state index in [0.717, 1.165) is 19.3 Å². The number of nitrogens with zero attached hydrogens (tertiary/aromatic N) is 1. The van der Waals surface area contributed by atoms with Crippen LogP contribution < -0.4 is 0 Å². The van der Waals surface area contributed by atoms with E-state index in [-0.39, 0.29) is 22.7 Å². The summed E-state index contributed by atoms with van der Waals surface area (Å²) >= 11 is 3.25. The fourth-order valence-corrected chi connectivity index (χ4v) is 2.97. The molecule has 0 aromatic rings. The predicted molar refractivity (Wildman–Crippen MR) is 60.6 cm³/mol. The predicted octanol–water partition coefficient (Wildman–Crippen LogP) is 2.09. The number of hydrogen-bond donors (Lipinski definition) is 0. The van der Waals surface area contributed by atoms with E-state index in [9.17, 15) is 9.59 Å². The molecule has 4 heteroatoms. The molecule has 84 valence electrons.